The molecule has 0 aliphatic heterocycles. The van der Waals surface area contributed by atoms with Crippen LogP contribution >= 0.6 is 0 Å². The Kier molecular flexibility index (Phi) is 3.86. The number of aromatic hydroxyl groups is 3. The summed E-state index contributed by atoms with van der Waals surface area (Å²) >= 11 is 0. The van der Waals surface area contributed by atoms with E-state index in [1.54, 1.807) is 36.4 Å². The fourth-order valence-electron chi connectivity index (χ4n) is 2.97. The molecule has 3 aromatic carbocycles. The fourth-order valence-corrected chi connectivity index (χ4v) is 2.97. The first-order valence-corrected chi connectivity index (χ1v) is 8.20. The predicted octanol–water partition coefficient (Wildman–Crippen LogP) is 4.93. The highest BCUT2D eigenvalue weighted by atomic mass is 16.3. The molecular formula is C22H17NO3. The molecule has 0 unspecified atom stereocenters. The monoisotopic (exact) mass is 343 g/mol. The molecule has 0 bridgehead atoms. The molecule has 0 saturated heterocycles. The van der Waals surface area contributed by atoms with Crippen LogP contribution in [-0.2, 0) is 0 Å². The van der Waals surface area contributed by atoms with Crippen LogP contribution in [0.15, 0.2) is 85.2 Å². The molecule has 3 N–H and O–H groups in total. The Bertz CT molecular complexity index is 967. The van der Waals surface area contributed by atoms with Gasteiger partial charge in [-0.1, -0.05) is 24.3 Å². The number of hydrogen-bond acceptors (Lipinski definition) is 3. The lowest BCUT2D eigenvalue weighted by Gasteiger charge is -2.05. The second-order valence-corrected chi connectivity index (χ2v) is 6.10. The third-order valence-corrected chi connectivity index (χ3v) is 4.33. The van der Waals surface area contributed by atoms with Crippen molar-refractivity contribution < 1.29 is 15.3 Å². The Morgan fingerprint density at radius 2 is 0.808 bits per heavy atom. The van der Waals surface area contributed by atoms with E-state index in [2.05, 4.69) is 0 Å². The first kappa shape index (κ1) is 15.8. The molecule has 4 nitrogen and oxygen atoms in total. The summed E-state index contributed by atoms with van der Waals surface area (Å²) in [5.41, 5.74) is 4.88. The summed E-state index contributed by atoms with van der Waals surface area (Å²) in [4.78, 5) is 0. The minimum atomic E-state index is 0.220. The molecule has 0 spiro atoms. The third kappa shape index (κ3) is 3.00. The Labute approximate surface area is 150 Å². The molecule has 26 heavy (non-hydrogen) atoms. The van der Waals surface area contributed by atoms with Crippen molar-refractivity contribution in [3.8, 4) is 45.2 Å². The van der Waals surface area contributed by atoms with Gasteiger partial charge in [-0.2, -0.15) is 0 Å². The quantitative estimate of drug-likeness (QED) is 0.494. The number of aromatic nitrogens is 1. The Balaban J connectivity index is 1.88. The lowest BCUT2D eigenvalue weighted by molar-refractivity contribution is 0.475. The summed E-state index contributed by atoms with van der Waals surface area (Å²) in [7, 11) is 0. The van der Waals surface area contributed by atoms with Gasteiger partial charge in [0.1, 0.15) is 17.2 Å². The van der Waals surface area contributed by atoms with E-state index >= 15 is 0 Å². The number of hydrogen-bond donors (Lipinski definition) is 3. The van der Waals surface area contributed by atoms with Gasteiger partial charge >= 0.3 is 0 Å². The van der Waals surface area contributed by atoms with Gasteiger partial charge in [-0.15, -0.1) is 0 Å². The van der Waals surface area contributed by atoms with E-state index in [0.717, 1.165) is 27.9 Å². The van der Waals surface area contributed by atoms with Gasteiger partial charge in [0.15, 0.2) is 0 Å². The molecule has 4 heteroatoms. The van der Waals surface area contributed by atoms with Crippen molar-refractivity contribution in [3.63, 3.8) is 0 Å². The highest BCUT2D eigenvalue weighted by Crippen LogP contribution is 2.35. The van der Waals surface area contributed by atoms with Gasteiger partial charge in [0, 0.05) is 29.2 Å². The molecular weight excluding hydrogens is 326 g/mol. The summed E-state index contributed by atoms with van der Waals surface area (Å²) in [5, 5.41) is 28.7. The number of nitrogens with zero attached hydrogens (tertiary/aromatic N) is 1. The molecule has 128 valence electrons. The predicted molar refractivity (Wildman–Crippen MR) is 102 cm³/mol. The molecule has 0 radical (unpaired) electrons. The average Bonchev–Trinajstić information content (AvgIpc) is 3.09. The van der Waals surface area contributed by atoms with Crippen LogP contribution in [0.5, 0.6) is 17.2 Å². The van der Waals surface area contributed by atoms with Crippen LogP contribution in [0.25, 0.3) is 27.9 Å². The van der Waals surface area contributed by atoms with Crippen LogP contribution in [0, 0.1) is 0 Å². The lowest BCUT2D eigenvalue weighted by Crippen LogP contribution is -1.88. The smallest absolute Gasteiger partial charge is 0.115 e. The van der Waals surface area contributed by atoms with Gasteiger partial charge in [0.25, 0.3) is 0 Å². The van der Waals surface area contributed by atoms with Crippen molar-refractivity contribution in [1.82, 2.24) is 4.57 Å². The van der Waals surface area contributed by atoms with Crippen LogP contribution < -0.4 is 0 Å². The largest absolute Gasteiger partial charge is 0.508 e. The van der Waals surface area contributed by atoms with Gasteiger partial charge in [-0.05, 0) is 59.7 Å². The third-order valence-electron chi connectivity index (χ3n) is 4.33. The minimum absolute atomic E-state index is 0.220. The summed E-state index contributed by atoms with van der Waals surface area (Å²) in [5.74, 6) is 0.661. The van der Waals surface area contributed by atoms with Crippen molar-refractivity contribution >= 4 is 0 Å². The van der Waals surface area contributed by atoms with E-state index in [0.29, 0.717) is 0 Å². The molecule has 4 rings (SSSR count). The highest BCUT2D eigenvalue weighted by molar-refractivity contribution is 5.84. The maximum Gasteiger partial charge on any atom is 0.115 e. The molecule has 0 fully saturated rings. The average molecular weight is 343 g/mol. The van der Waals surface area contributed by atoms with Crippen molar-refractivity contribution in [3.05, 3.63) is 85.2 Å². The standard InChI is InChI=1S/C22H17NO3/c24-18-7-1-15(2-8-18)21-13-23(17-5-11-20(26)12-6-17)14-22(21)16-3-9-19(25)10-4-16/h1-14,24-26H. The molecule has 0 atom stereocenters. The SMILES string of the molecule is Oc1ccc(-c2cn(-c3ccc(O)cc3)cc2-c2ccc(O)cc2)cc1. The minimum Gasteiger partial charge on any atom is -0.508 e. The van der Waals surface area contributed by atoms with Crippen molar-refractivity contribution in [1.29, 1.82) is 0 Å². The number of phenolic OH excluding ortho intramolecular Hbond substituents is 3. The second kappa shape index (κ2) is 6.33. The number of phenols is 3. The highest BCUT2D eigenvalue weighted by Gasteiger charge is 2.12. The van der Waals surface area contributed by atoms with Gasteiger partial charge < -0.3 is 19.9 Å². The van der Waals surface area contributed by atoms with Gasteiger partial charge in [-0.3, -0.25) is 0 Å². The van der Waals surface area contributed by atoms with E-state index in [4.69, 9.17) is 0 Å². The van der Waals surface area contributed by atoms with Crippen LogP contribution in [-0.4, -0.2) is 19.9 Å². The van der Waals surface area contributed by atoms with Crippen LogP contribution in [0.4, 0.5) is 0 Å². The Morgan fingerprint density at radius 1 is 0.462 bits per heavy atom. The van der Waals surface area contributed by atoms with Crippen LogP contribution in [0.1, 0.15) is 0 Å². The summed E-state index contributed by atoms with van der Waals surface area (Å²) in [6.45, 7) is 0. The number of rotatable bonds is 3. The maximum absolute atomic E-state index is 9.57. The first-order valence-electron chi connectivity index (χ1n) is 8.20. The molecule has 0 amide bonds. The second-order valence-electron chi connectivity index (χ2n) is 6.10. The van der Waals surface area contributed by atoms with Crippen LogP contribution in [0.2, 0.25) is 0 Å². The summed E-state index contributed by atoms with van der Waals surface area (Å²) in [6.07, 6.45) is 4.03. The zero-order chi connectivity index (χ0) is 18.1. The molecule has 0 saturated carbocycles. The molecule has 0 aliphatic rings. The zero-order valence-corrected chi connectivity index (χ0v) is 13.9. The zero-order valence-electron chi connectivity index (χ0n) is 13.9. The van der Waals surface area contributed by atoms with Gasteiger partial charge in [0.2, 0.25) is 0 Å². The molecule has 1 heterocycles. The van der Waals surface area contributed by atoms with E-state index in [9.17, 15) is 15.3 Å². The fraction of sp³-hybridized carbons (Fsp3) is 0. The first-order chi connectivity index (χ1) is 12.6. The van der Waals surface area contributed by atoms with Crippen LogP contribution in [0.3, 0.4) is 0 Å². The Hall–Kier alpha value is -3.66. The molecule has 4 aromatic rings. The maximum atomic E-state index is 9.57. The summed E-state index contributed by atoms with van der Waals surface area (Å²) < 4.78 is 1.99. The van der Waals surface area contributed by atoms with Crippen molar-refractivity contribution in [2.75, 3.05) is 0 Å². The topological polar surface area (TPSA) is 65.6 Å². The molecule has 0 aliphatic carbocycles. The molecule has 1 aromatic heterocycles. The number of benzene rings is 3. The summed E-state index contributed by atoms with van der Waals surface area (Å²) in [6, 6.07) is 21.1. The van der Waals surface area contributed by atoms with Gasteiger partial charge in [0.05, 0.1) is 0 Å². The van der Waals surface area contributed by atoms with E-state index < -0.39 is 0 Å². The van der Waals surface area contributed by atoms with E-state index in [1.165, 1.54) is 0 Å². The van der Waals surface area contributed by atoms with Crippen molar-refractivity contribution in [2.24, 2.45) is 0 Å². The Morgan fingerprint density at radius 3 is 1.19 bits per heavy atom. The normalized spacial score (nSPS) is 10.8. The van der Waals surface area contributed by atoms with E-state index in [-0.39, 0.29) is 17.2 Å². The van der Waals surface area contributed by atoms with Gasteiger partial charge in [-0.25, -0.2) is 0 Å². The van der Waals surface area contributed by atoms with Crippen molar-refractivity contribution in [2.45, 2.75) is 0 Å². The van der Waals surface area contributed by atoms with E-state index in [1.807, 2.05) is 53.4 Å². The lowest BCUT2D eigenvalue weighted by atomic mass is 9.99.